The number of ether oxygens (including phenoxy) is 2. The fraction of sp³-hybridized carbons (Fsp3) is 0.846. The first-order valence-corrected chi connectivity index (χ1v) is 12.1. The lowest BCUT2D eigenvalue weighted by atomic mass is 9.41. The van der Waals surface area contributed by atoms with E-state index >= 15 is 0 Å². The molecule has 3 aliphatic carbocycles. The van der Waals surface area contributed by atoms with Crippen molar-refractivity contribution in [3.63, 3.8) is 0 Å². The monoisotopic (exact) mass is 434 g/mol. The second-order valence-electron chi connectivity index (χ2n) is 11.3. The first-order valence-electron chi connectivity index (χ1n) is 12.1. The molecule has 0 aromatic rings. The lowest BCUT2D eigenvalue weighted by Gasteiger charge is -2.64. The summed E-state index contributed by atoms with van der Waals surface area (Å²) in [7, 11) is 0. The van der Waals surface area contributed by atoms with Gasteiger partial charge in [-0.05, 0) is 55.3 Å². The van der Waals surface area contributed by atoms with Crippen LogP contribution < -0.4 is 0 Å². The molecule has 1 N–H and O–H groups in total. The van der Waals surface area contributed by atoms with Gasteiger partial charge < -0.3 is 14.6 Å². The van der Waals surface area contributed by atoms with Crippen molar-refractivity contribution in [1.29, 1.82) is 0 Å². The van der Waals surface area contributed by atoms with E-state index in [1.165, 1.54) is 19.4 Å². The molecule has 0 amide bonds. The molecule has 2 saturated carbocycles. The second-order valence-corrected chi connectivity index (χ2v) is 11.3. The summed E-state index contributed by atoms with van der Waals surface area (Å²) in [5.41, 5.74) is 0.471. The van der Waals surface area contributed by atoms with Gasteiger partial charge in [-0.25, -0.2) is 0 Å². The molecule has 3 rings (SSSR count). The number of fused-ring (bicyclic) bond motifs is 3. The maximum absolute atomic E-state index is 12.1. The van der Waals surface area contributed by atoms with E-state index in [1.807, 2.05) is 0 Å². The summed E-state index contributed by atoms with van der Waals surface area (Å²) in [6, 6.07) is 0. The van der Waals surface area contributed by atoms with Crippen LogP contribution in [-0.4, -0.2) is 35.9 Å². The van der Waals surface area contributed by atoms with Crippen LogP contribution in [0.3, 0.4) is 0 Å². The van der Waals surface area contributed by atoms with Crippen molar-refractivity contribution in [2.75, 3.05) is 13.2 Å². The van der Waals surface area contributed by atoms with Gasteiger partial charge in [0, 0.05) is 31.6 Å². The third kappa shape index (κ3) is 4.72. The number of rotatable bonds is 6. The molecule has 0 saturated heterocycles. The number of allylic oxidation sites excluding steroid dienone is 1. The Morgan fingerprint density at radius 1 is 1.16 bits per heavy atom. The summed E-state index contributed by atoms with van der Waals surface area (Å²) >= 11 is 0. The summed E-state index contributed by atoms with van der Waals surface area (Å²) < 4.78 is 10.8. The quantitative estimate of drug-likeness (QED) is 0.467. The molecule has 0 aromatic heterocycles. The Morgan fingerprint density at radius 3 is 2.45 bits per heavy atom. The molecule has 176 valence electrons. The van der Waals surface area contributed by atoms with Gasteiger partial charge >= 0.3 is 11.9 Å². The van der Waals surface area contributed by atoms with Crippen molar-refractivity contribution >= 4 is 11.9 Å². The number of aliphatic hydroxyl groups is 1. The highest BCUT2D eigenvalue weighted by molar-refractivity contribution is 5.66. The molecule has 31 heavy (non-hydrogen) atoms. The van der Waals surface area contributed by atoms with E-state index in [0.29, 0.717) is 31.3 Å². The van der Waals surface area contributed by atoms with Crippen LogP contribution in [0.15, 0.2) is 11.6 Å². The number of hydrogen-bond acceptors (Lipinski definition) is 5. The Labute approximate surface area is 188 Å². The third-order valence-electron chi connectivity index (χ3n) is 8.88. The lowest BCUT2D eigenvalue weighted by Crippen LogP contribution is -2.62. The minimum Gasteiger partial charge on any atom is -0.466 e. The molecular weight excluding hydrogens is 392 g/mol. The van der Waals surface area contributed by atoms with Crippen molar-refractivity contribution in [2.24, 2.45) is 34.5 Å². The zero-order valence-electron chi connectivity index (χ0n) is 20.3. The number of hydrogen-bond donors (Lipinski definition) is 1. The molecule has 5 nitrogen and oxygen atoms in total. The first kappa shape index (κ1) is 24.3. The predicted octanol–water partition coefficient (Wildman–Crippen LogP) is 5.06. The van der Waals surface area contributed by atoms with E-state index in [4.69, 9.17) is 9.47 Å². The molecule has 0 aliphatic heterocycles. The smallest absolute Gasteiger partial charge is 0.302 e. The average Bonchev–Trinajstić information content (AvgIpc) is 2.68. The highest BCUT2D eigenvalue weighted by atomic mass is 16.5. The Balaban J connectivity index is 1.99. The van der Waals surface area contributed by atoms with Crippen LogP contribution in [0.25, 0.3) is 0 Å². The molecule has 0 heterocycles. The first-order chi connectivity index (χ1) is 14.4. The minimum atomic E-state index is -0.917. The van der Waals surface area contributed by atoms with Crippen LogP contribution in [0.2, 0.25) is 0 Å². The normalized spacial score (nSPS) is 39.9. The van der Waals surface area contributed by atoms with Gasteiger partial charge in [0.15, 0.2) is 0 Å². The Kier molecular flexibility index (Phi) is 6.96. The SMILES string of the molecule is CC(=O)OCC[C@@]1(O)C[C@H]2[C@](C)(COC(C)=O)CCC[C@]2(C)[C@H]2CCC(C(C)C)=C[C@@H]21. The topological polar surface area (TPSA) is 72.8 Å². The van der Waals surface area contributed by atoms with Crippen molar-refractivity contribution in [3.05, 3.63) is 11.6 Å². The van der Waals surface area contributed by atoms with E-state index in [2.05, 4.69) is 33.8 Å². The van der Waals surface area contributed by atoms with Crippen LogP contribution in [0, 0.1) is 34.5 Å². The lowest BCUT2D eigenvalue weighted by molar-refractivity contribution is -0.202. The van der Waals surface area contributed by atoms with Crippen LogP contribution in [-0.2, 0) is 19.1 Å². The third-order valence-corrected chi connectivity index (χ3v) is 8.88. The molecule has 3 aliphatic rings. The maximum Gasteiger partial charge on any atom is 0.302 e. The van der Waals surface area contributed by atoms with E-state index in [1.54, 1.807) is 0 Å². The van der Waals surface area contributed by atoms with Crippen LogP contribution >= 0.6 is 0 Å². The van der Waals surface area contributed by atoms with Crippen LogP contribution in [0.4, 0.5) is 0 Å². The van der Waals surface area contributed by atoms with Gasteiger partial charge in [-0.15, -0.1) is 0 Å². The molecule has 2 fully saturated rings. The average molecular weight is 435 g/mol. The van der Waals surface area contributed by atoms with Crippen molar-refractivity contribution in [3.8, 4) is 0 Å². The van der Waals surface area contributed by atoms with Gasteiger partial charge in [-0.3, -0.25) is 9.59 Å². The molecule has 0 unspecified atom stereocenters. The summed E-state index contributed by atoms with van der Waals surface area (Å²) in [5, 5.41) is 12.1. The predicted molar refractivity (Wildman–Crippen MR) is 120 cm³/mol. The molecule has 6 atom stereocenters. The molecule has 5 heteroatoms. The molecule has 0 bridgehead atoms. The van der Waals surface area contributed by atoms with E-state index in [0.717, 1.165) is 32.1 Å². The Bertz CT molecular complexity index is 727. The van der Waals surface area contributed by atoms with Gasteiger partial charge in [0.1, 0.15) is 0 Å². The fourth-order valence-corrected chi connectivity index (χ4v) is 7.19. The van der Waals surface area contributed by atoms with Gasteiger partial charge in [0.05, 0.1) is 18.8 Å². The van der Waals surface area contributed by atoms with Gasteiger partial charge in [-0.2, -0.15) is 0 Å². The summed E-state index contributed by atoms with van der Waals surface area (Å²) in [6.07, 6.45) is 8.93. The zero-order chi connectivity index (χ0) is 23.0. The van der Waals surface area contributed by atoms with Gasteiger partial charge in [-0.1, -0.05) is 45.8 Å². The highest BCUT2D eigenvalue weighted by Gasteiger charge is 2.62. The van der Waals surface area contributed by atoms with Crippen LogP contribution in [0.5, 0.6) is 0 Å². The van der Waals surface area contributed by atoms with Crippen molar-refractivity contribution < 1.29 is 24.2 Å². The number of carbonyl (C=O) groups excluding carboxylic acids is 2. The minimum absolute atomic E-state index is 0.0755. The summed E-state index contributed by atoms with van der Waals surface area (Å²) in [4.78, 5) is 23.0. The second kappa shape index (κ2) is 8.88. The van der Waals surface area contributed by atoms with Crippen molar-refractivity contribution in [1.82, 2.24) is 0 Å². The summed E-state index contributed by atoms with van der Waals surface area (Å²) in [5.74, 6) is 0.643. The number of esters is 2. The van der Waals surface area contributed by atoms with E-state index < -0.39 is 5.60 Å². The van der Waals surface area contributed by atoms with Gasteiger partial charge in [0.25, 0.3) is 0 Å². The van der Waals surface area contributed by atoms with E-state index in [-0.39, 0.29) is 41.2 Å². The standard InChI is InChI=1S/C26H42O5/c1-17(2)20-8-9-21-22(14-20)26(29,12-13-30-18(3)27)15-23-24(5,16-31-19(4)28)10-7-11-25(21,23)6/h14,17,21-23,29H,7-13,15-16H2,1-6H3/t21-,22-,23-,24-,25+,26+/m0/s1. The largest absolute Gasteiger partial charge is 0.466 e. The van der Waals surface area contributed by atoms with E-state index in [9.17, 15) is 14.7 Å². The molecule has 0 radical (unpaired) electrons. The maximum atomic E-state index is 12.1. The summed E-state index contributed by atoms with van der Waals surface area (Å²) in [6.45, 7) is 12.7. The molecule has 0 aromatic carbocycles. The number of carbonyl (C=O) groups is 2. The Morgan fingerprint density at radius 2 is 1.84 bits per heavy atom. The van der Waals surface area contributed by atoms with Crippen LogP contribution in [0.1, 0.15) is 86.5 Å². The fourth-order valence-electron chi connectivity index (χ4n) is 7.19. The zero-order valence-corrected chi connectivity index (χ0v) is 20.3. The molecular formula is C26H42O5. The van der Waals surface area contributed by atoms with Crippen molar-refractivity contribution in [2.45, 2.75) is 92.1 Å². The van der Waals surface area contributed by atoms with Gasteiger partial charge in [0.2, 0.25) is 0 Å². The molecule has 0 spiro atoms. The highest BCUT2D eigenvalue weighted by Crippen LogP contribution is 2.66. The Hall–Kier alpha value is -1.36.